The van der Waals surface area contributed by atoms with Crippen molar-refractivity contribution in [1.29, 1.82) is 0 Å². The molecule has 0 heterocycles. The van der Waals surface area contributed by atoms with Gasteiger partial charge in [-0.2, -0.15) is 0 Å². The summed E-state index contributed by atoms with van der Waals surface area (Å²) >= 11 is 6.18. The molecule has 1 rings (SSSR count). The first-order valence-electron chi connectivity index (χ1n) is 11.3. The van der Waals surface area contributed by atoms with E-state index in [1.54, 1.807) is 18.2 Å². The lowest BCUT2D eigenvalue weighted by atomic mass is 10.1. The fraction of sp³-hybridized carbons (Fsp3) is 0.667. The predicted molar refractivity (Wildman–Crippen MR) is 119 cm³/mol. The van der Waals surface area contributed by atoms with E-state index < -0.39 is 0 Å². The van der Waals surface area contributed by atoms with Crippen molar-refractivity contribution in [3.8, 4) is 11.5 Å². The molecule has 1 aromatic rings. The second-order valence-corrected chi connectivity index (χ2v) is 7.96. The highest BCUT2D eigenvalue weighted by Crippen LogP contribution is 2.35. The van der Waals surface area contributed by atoms with E-state index in [-0.39, 0.29) is 28.5 Å². The summed E-state index contributed by atoms with van der Waals surface area (Å²) in [5, 5.41) is 0.270. The SMILES string of the molecule is CCCCCCCCC(=O)Oc1cccc(Cl)c1OC(=O)CCCCCCCC. The Morgan fingerprint density at radius 1 is 0.724 bits per heavy atom. The van der Waals surface area contributed by atoms with Crippen LogP contribution in [0.5, 0.6) is 11.5 Å². The third-order valence-corrected chi connectivity index (χ3v) is 5.14. The molecule has 0 aliphatic carbocycles. The number of carbonyl (C=O) groups is 2. The number of rotatable bonds is 16. The number of carbonyl (C=O) groups excluding carboxylic acids is 2. The summed E-state index contributed by atoms with van der Waals surface area (Å²) in [6.07, 6.45) is 13.9. The van der Waals surface area contributed by atoms with E-state index in [9.17, 15) is 9.59 Å². The third-order valence-electron chi connectivity index (χ3n) is 4.84. The van der Waals surface area contributed by atoms with Crippen LogP contribution in [0, 0.1) is 0 Å². The molecule has 0 atom stereocenters. The average Bonchev–Trinajstić information content (AvgIpc) is 2.70. The van der Waals surface area contributed by atoms with E-state index in [1.807, 2.05) is 0 Å². The van der Waals surface area contributed by atoms with Crippen molar-refractivity contribution in [2.24, 2.45) is 0 Å². The van der Waals surface area contributed by atoms with Gasteiger partial charge in [0.15, 0.2) is 11.5 Å². The molecule has 0 amide bonds. The van der Waals surface area contributed by atoms with Gasteiger partial charge in [-0.1, -0.05) is 95.7 Å². The Morgan fingerprint density at radius 3 is 1.76 bits per heavy atom. The third kappa shape index (κ3) is 11.9. The largest absolute Gasteiger partial charge is 0.422 e. The first-order chi connectivity index (χ1) is 14.1. The number of para-hydroxylation sites is 1. The van der Waals surface area contributed by atoms with E-state index in [4.69, 9.17) is 21.1 Å². The lowest BCUT2D eigenvalue weighted by Gasteiger charge is -2.12. The number of unbranched alkanes of at least 4 members (excludes halogenated alkanes) is 10. The first kappa shape index (κ1) is 25.5. The second-order valence-electron chi connectivity index (χ2n) is 7.55. The second kappa shape index (κ2) is 16.3. The van der Waals surface area contributed by atoms with Gasteiger partial charge in [0.05, 0.1) is 5.02 Å². The van der Waals surface area contributed by atoms with Crippen LogP contribution in [0.4, 0.5) is 0 Å². The zero-order valence-corrected chi connectivity index (χ0v) is 18.9. The predicted octanol–water partition coefficient (Wildman–Crippen LogP) is 7.65. The number of halogens is 1. The summed E-state index contributed by atoms with van der Waals surface area (Å²) in [7, 11) is 0. The van der Waals surface area contributed by atoms with Gasteiger partial charge >= 0.3 is 11.9 Å². The minimum atomic E-state index is -0.346. The van der Waals surface area contributed by atoms with E-state index in [0.717, 1.165) is 38.5 Å². The monoisotopic (exact) mass is 424 g/mol. The highest BCUT2D eigenvalue weighted by atomic mass is 35.5. The van der Waals surface area contributed by atoms with Crippen LogP contribution in [-0.4, -0.2) is 11.9 Å². The summed E-state index contributed by atoms with van der Waals surface area (Å²) in [6.45, 7) is 4.36. The fourth-order valence-electron chi connectivity index (χ4n) is 3.11. The Kier molecular flexibility index (Phi) is 14.3. The van der Waals surface area contributed by atoms with Crippen molar-refractivity contribution in [3.63, 3.8) is 0 Å². The Bertz CT molecular complexity index is 601. The van der Waals surface area contributed by atoms with Crippen LogP contribution in [0.3, 0.4) is 0 Å². The zero-order valence-electron chi connectivity index (χ0n) is 18.1. The molecule has 0 saturated carbocycles. The Balaban J connectivity index is 2.43. The lowest BCUT2D eigenvalue weighted by molar-refractivity contribution is -0.137. The molecule has 29 heavy (non-hydrogen) atoms. The van der Waals surface area contributed by atoms with Gasteiger partial charge in [-0.15, -0.1) is 0 Å². The average molecular weight is 425 g/mol. The quantitative estimate of drug-likeness (QED) is 0.155. The molecule has 0 unspecified atom stereocenters. The molecule has 0 N–H and O–H groups in total. The molecule has 0 spiro atoms. The minimum Gasteiger partial charge on any atom is -0.422 e. The summed E-state index contributed by atoms with van der Waals surface area (Å²) in [5.74, 6) is -0.316. The molecule has 0 bridgehead atoms. The maximum absolute atomic E-state index is 12.2. The summed E-state index contributed by atoms with van der Waals surface area (Å²) in [6, 6.07) is 4.92. The van der Waals surface area contributed by atoms with Crippen molar-refractivity contribution in [2.45, 2.75) is 104 Å². The van der Waals surface area contributed by atoms with Crippen molar-refractivity contribution in [2.75, 3.05) is 0 Å². The molecule has 0 fully saturated rings. The summed E-state index contributed by atoms with van der Waals surface area (Å²) in [5.41, 5.74) is 0. The fourth-order valence-corrected chi connectivity index (χ4v) is 3.31. The van der Waals surface area contributed by atoms with Crippen LogP contribution in [0.25, 0.3) is 0 Å². The molecule has 0 aliphatic heterocycles. The zero-order chi connectivity index (χ0) is 21.3. The first-order valence-corrected chi connectivity index (χ1v) is 11.7. The molecule has 0 aromatic heterocycles. The van der Waals surface area contributed by atoms with Gasteiger partial charge in [0, 0.05) is 12.8 Å². The molecule has 0 radical (unpaired) electrons. The van der Waals surface area contributed by atoms with Crippen LogP contribution in [-0.2, 0) is 9.59 Å². The van der Waals surface area contributed by atoms with Crippen LogP contribution in [0.2, 0.25) is 5.02 Å². The van der Waals surface area contributed by atoms with Gasteiger partial charge in [0.1, 0.15) is 0 Å². The Labute approximate surface area is 181 Å². The lowest BCUT2D eigenvalue weighted by Crippen LogP contribution is -2.12. The van der Waals surface area contributed by atoms with E-state index in [0.29, 0.717) is 12.8 Å². The maximum Gasteiger partial charge on any atom is 0.311 e. The molecule has 0 saturated heterocycles. The molecule has 1 aromatic carbocycles. The molecule has 4 nitrogen and oxygen atoms in total. The normalized spacial score (nSPS) is 10.7. The maximum atomic E-state index is 12.2. The van der Waals surface area contributed by atoms with Gasteiger partial charge in [0.25, 0.3) is 0 Å². The van der Waals surface area contributed by atoms with Crippen LogP contribution >= 0.6 is 11.6 Å². The number of ether oxygens (including phenoxy) is 2. The molecule has 164 valence electrons. The van der Waals surface area contributed by atoms with Gasteiger partial charge < -0.3 is 9.47 Å². The Morgan fingerprint density at radius 2 is 1.21 bits per heavy atom. The van der Waals surface area contributed by atoms with Crippen molar-refractivity contribution in [3.05, 3.63) is 23.2 Å². The highest BCUT2D eigenvalue weighted by Gasteiger charge is 2.17. The summed E-state index contributed by atoms with van der Waals surface area (Å²) in [4.78, 5) is 24.3. The van der Waals surface area contributed by atoms with E-state index in [2.05, 4.69) is 13.8 Å². The van der Waals surface area contributed by atoms with Crippen LogP contribution in [0.1, 0.15) is 104 Å². The van der Waals surface area contributed by atoms with Gasteiger partial charge in [-0.3, -0.25) is 9.59 Å². The molecular weight excluding hydrogens is 388 g/mol. The minimum absolute atomic E-state index is 0.140. The van der Waals surface area contributed by atoms with Gasteiger partial charge in [-0.25, -0.2) is 0 Å². The van der Waals surface area contributed by atoms with Gasteiger partial charge in [0.2, 0.25) is 0 Å². The van der Waals surface area contributed by atoms with Crippen LogP contribution < -0.4 is 9.47 Å². The number of hydrogen-bond acceptors (Lipinski definition) is 4. The van der Waals surface area contributed by atoms with Gasteiger partial charge in [-0.05, 0) is 25.0 Å². The number of hydrogen-bond donors (Lipinski definition) is 0. The Hall–Kier alpha value is -1.55. The number of esters is 2. The van der Waals surface area contributed by atoms with E-state index >= 15 is 0 Å². The van der Waals surface area contributed by atoms with Crippen molar-refractivity contribution in [1.82, 2.24) is 0 Å². The van der Waals surface area contributed by atoms with E-state index in [1.165, 1.54) is 38.5 Å². The topological polar surface area (TPSA) is 52.6 Å². The summed E-state index contributed by atoms with van der Waals surface area (Å²) < 4.78 is 10.9. The van der Waals surface area contributed by atoms with Crippen molar-refractivity contribution >= 4 is 23.5 Å². The molecule has 5 heteroatoms. The molecular formula is C24H37ClO4. The highest BCUT2D eigenvalue weighted by molar-refractivity contribution is 6.32. The smallest absolute Gasteiger partial charge is 0.311 e. The number of benzene rings is 1. The standard InChI is InChI=1S/C24H37ClO4/c1-3-5-7-9-11-13-18-22(26)28-21-17-15-16-20(25)24(21)29-23(27)19-14-12-10-8-6-4-2/h15-17H,3-14,18-19H2,1-2H3. The van der Waals surface area contributed by atoms with Crippen molar-refractivity contribution < 1.29 is 19.1 Å². The van der Waals surface area contributed by atoms with Crippen LogP contribution in [0.15, 0.2) is 18.2 Å². The molecule has 0 aliphatic rings.